The maximum Gasteiger partial charge on any atom is 0.276 e. The lowest BCUT2D eigenvalue weighted by Gasteiger charge is -2.10. The largest absolute Gasteiger partial charge is 0.482 e. The summed E-state index contributed by atoms with van der Waals surface area (Å²) in [6, 6.07) is 12.1. The van der Waals surface area contributed by atoms with Gasteiger partial charge in [-0.05, 0) is 52.9 Å². The summed E-state index contributed by atoms with van der Waals surface area (Å²) >= 11 is 11.3. The third-order valence-electron chi connectivity index (χ3n) is 2.69. The summed E-state index contributed by atoms with van der Waals surface area (Å²) in [6.45, 7) is -0.270. The Balaban J connectivity index is 1.83. The number of ether oxygens (including phenoxy) is 1. The number of hydrazine groups is 1. The minimum Gasteiger partial charge on any atom is -0.482 e. The number of amides is 2. The molecule has 0 aliphatic rings. The quantitative estimate of drug-likeness (QED) is 0.490. The number of halogens is 3. The molecule has 2 amide bonds. The minimum atomic E-state index is -0.497. The molecular formula is C15H11BrClIN2O3. The maximum atomic E-state index is 11.9. The third-order valence-corrected chi connectivity index (χ3v) is 4.42. The molecule has 0 aliphatic carbocycles. The van der Waals surface area contributed by atoms with Crippen molar-refractivity contribution in [2.45, 2.75) is 0 Å². The predicted molar refractivity (Wildman–Crippen MR) is 99.4 cm³/mol. The topological polar surface area (TPSA) is 67.4 Å². The summed E-state index contributed by atoms with van der Waals surface area (Å²) in [5.41, 5.74) is 5.10. The molecule has 0 unspecified atom stereocenters. The lowest BCUT2D eigenvalue weighted by atomic mass is 10.2. The Bertz CT molecular complexity index is 742. The number of nitrogens with one attached hydrogen (secondary N) is 2. The van der Waals surface area contributed by atoms with Gasteiger partial charge in [-0.15, -0.1) is 0 Å². The van der Waals surface area contributed by atoms with E-state index in [1.54, 1.807) is 36.4 Å². The zero-order valence-electron chi connectivity index (χ0n) is 11.6. The molecule has 0 radical (unpaired) electrons. The van der Waals surface area contributed by atoms with Crippen LogP contribution in [0.1, 0.15) is 10.4 Å². The van der Waals surface area contributed by atoms with Crippen molar-refractivity contribution in [3.8, 4) is 5.75 Å². The molecule has 0 aliphatic heterocycles. The third kappa shape index (κ3) is 5.36. The van der Waals surface area contributed by atoms with E-state index in [9.17, 15) is 9.59 Å². The Morgan fingerprint density at radius 2 is 1.91 bits per heavy atom. The lowest BCUT2D eigenvalue weighted by molar-refractivity contribution is -0.123. The number of rotatable bonds is 4. The van der Waals surface area contributed by atoms with Crippen molar-refractivity contribution in [1.29, 1.82) is 0 Å². The van der Waals surface area contributed by atoms with Crippen molar-refractivity contribution in [2.24, 2.45) is 0 Å². The SMILES string of the molecule is O=C(COc1ccc(Br)cc1Cl)NNC(=O)c1ccccc1I. The molecule has 2 N–H and O–H groups in total. The van der Waals surface area contributed by atoms with Gasteiger partial charge in [0.2, 0.25) is 0 Å². The van der Waals surface area contributed by atoms with E-state index in [4.69, 9.17) is 16.3 Å². The van der Waals surface area contributed by atoms with E-state index in [-0.39, 0.29) is 6.61 Å². The van der Waals surface area contributed by atoms with E-state index in [1.807, 2.05) is 28.7 Å². The fourth-order valence-electron chi connectivity index (χ4n) is 1.61. The summed E-state index contributed by atoms with van der Waals surface area (Å²) in [5, 5.41) is 0.384. The van der Waals surface area contributed by atoms with Crippen LogP contribution in [0.5, 0.6) is 5.75 Å². The first-order valence-electron chi connectivity index (χ1n) is 6.39. The number of carbonyl (C=O) groups excluding carboxylic acids is 2. The molecule has 23 heavy (non-hydrogen) atoms. The predicted octanol–water partition coefficient (Wildman–Crippen LogP) is 3.55. The maximum absolute atomic E-state index is 11.9. The first-order valence-corrected chi connectivity index (χ1v) is 8.64. The van der Waals surface area contributed by atoms with Gasteiger partial charge in [0, 0.05) is 8.04 Å². The zero-order chi connectivity index (χ0) is 16.8. The Morgan fingerprint density at radius 3 is 2.61 bits per heavy atom. The standard InChI is InChI=1S/C15H11BrClIN2O3/c16-9-5-6-13(11(17)7-9)23-8-14(21)19-20-15(22)10-3-1-2-4-12(10)18/h1-7H,8H2,(H,19,21)(H,20,22). The van der Waals surface area contributed by atoms with Crippen LogP contribution in [0.25, 0.3) is 0 Å². The van der Waals surface area contributed by atoms with Crippen LogP contribution in [0.4, 0.5) is 0 Å². The van der Waals surface area contributed by atoms with E-state index in [0.717, 1.165) is 8.04 Å². The van der Waals surface area contributed by atoms with E-state index in [1.165, 1.54) is 0 Å². The van der Waals surface area contributed by atoms with Crippen LogP contribution in [0.2, 0.25) is 5.02 Å². The van der Waals surface area contributed by atoms with Gasteiger partial charge in [-0.2, -0.15) is 0 Å². The van der Waals surface area contributed by atoms with Gasteiger partial charge in [0.15, 0.2) is 6.61 Å². The van der Waals surface area contributed by atoms with Crippen molar-refractivity contribution in [3.05, 3.63) is 61.1 Å². The van der Waals surface area contributed by atoms with Crippen molar-refractivity contribution in [3.63, 3.8) is 0 Å². The molecule has 2 rings (SSSR count). The monoisotopic (exact) mass is 508 g/mol. The van der Waals surface area contributed by atoms with E-state index >= 15 is 0 Å². The van der Waals surface area contributed by atoms with Gasteiger partial charge in [-0.3, -0.25) is 20.4 Å². The van der Waals surface area contributed by atoms with Crippen molar-refractivity contribution in [1.82, 2.24) is 10.9 Å². The Labute approximate surface area is 160 Å². The summed E-state index contributed by atoms with van der Waals surface area (Å²) in [5.74, 6) is -0.512. The normalized spacial score (nSPS) is 10.0. The summed E-state index contributed by atoms with van der Waals surface area (Å²) in [4.78, 5) is 23.6. The van der Waals surface area contributed by atoms with Gasteiger partial charge >= 0.3 is 0 Å². The first-order chi connectivity index (χ1) is 11.0. The Hall–Kier alpha value is -1.32. The van der Waals surface area contributed by atoms with Gasteiger partial charge in [0.25, 0.3) is 11.8 Å². The Morgan fingerprint density at radius 1 is 1.17 bits per heavy atom. The van der Waals surface area contributed by atoms with E-state index in [0.29, 0.717) is 16.3 Å². The molecule has 0 saturated heterocycles. The van der Waals surface area contributed by atoms with Crippen LogP contribution < -0.4 is 15.6 Å². The number of hydrogen-bond acceptors (Lipinski definition) is 3. The molecule has 5 nitrogen and oxygen atoms in total. The smallest absolute Gasteiger partial charge is 0.276 e. The zero-order valence-corrected chi connectivity index (χ0v) is 16.1. The molecule has 0 aromatic heterocycles. The molecule has 0 fully saturated rings. The van der Waals surface area contributed by atoms with Crippen LogP contribution in [-0.2, 0) is 4.79 Å². The number of benzene rings is 2. The van der Waals surface area contributed by atoms with Gasteiger partial charge in [-0.1, -0.05) is 39.7 Å². The molecular weight excluding hydrogens is 498 g/mol. The fourth-order valence-corrected chi connectivity index (χ4v) is 2.97. The van der Waals surface area contributed by atoms with Gasteiger partial charge in [-0.25, -0.2) is 0 Å². The molecule has 0 heterocycles. The molecule has 0 saturated carbocycles. The molecule has 2 aromatic rings. The van der Waals surface area contributed by atoms with Crippen LogP contribution in [0, 0.1) is 3.57 Å². The second-order valence-corrected chi connectivity index (χ2v) is 6.83. The average Bonchev–Trinajstić information content (AvgIpc) is 2.52. The van der Waals surface area contributed by atoms with Gasteiger partial charge < -0.3 is 4.74 Å². The molecule has 2 aromatic carbocycles. The van der Waals surface area contributed by atoms with Crippen LogP contribution >= 0.6 is 50.1 Å². The summed E-state index contributed by atoms with van der Waals surface area (Å²) < 4.78 is 6.89. The van der Waals surface area contributed by atoms with Crippen LogP contribution in [0.15, 0.2) is 46.9 Å². The average molecular weight is 510 g/mol. The fraction of sp³-hybridized carbons (Fsp3) is 0.0667. The molecule has 0 atom stereocenters. The highest BCUT2D eigenvalue weighted by Gasteiger charge is 2.11. The van der Waals surface area contributed by atoms with Crippen molar-refractivity contribution >= 4 is 61.9 Å². The molecule has 120 valence electrons. The number of carbonyl (C=O) groups is 2. The summed E-state index contributed by atoms with van der Waals surface area (Å²) in [6.07, 6.45) is 0. The van der Waals surface area contributed by atoms with Crippen LogP contribution in [-0.4, -0.2) is 18.4 Å². The minimum absolute atomic E-state index is 0.270. The molecule has 8 heteroatoms. The second-order valence-electron chi connectivity index (χ2n) is 4.35. The Kier molecular flexibility index (Phi) is 6.67. The highest BCUT2D eigenvalue weighted by molar-refractivity contribution is 14.1. The highest BCUT2D eigenvalue weighted by atomic mass is 127. The van der Waals surface area contributed by atoms with Crippen molar-refractivity contribution in [2.75, 3.05) is 6.61 Å². The first kappa shape index (κ1) is 18.0. The van der Waals surface area contributed by atoms with Gasteiger partial charge in [0.05, 0.1) is 10.6 Å². The van der Waals surface area contributed by atoms with E-state index in [2.05, 4.69) is 26.8 Å². The van der Waals surface area contributed by atoms with E-state index < -0.39 is 11.8 Å². The summed E-state index contributed by atoms with van der Waals surface area (Å²) in [7, 11) is 0. The number of hydrogen-bond donors (Lipinski definition) is 2. The second kappa shape index (κ2) is 8.51. The molecule has 0 spiro atoms. The molecule has 0 bridgehead atoms. The van der Waals surface area contributed by atoms with Crippen LogP contribution in [0.3, 0.4) is 0 Å². The highest BCUT2D eigenvalue weighted by Crippen LogP contribution is 2.27. The van der Waals surface area contributed by atoms with Crippen molar-refractivity contribution < 1.29 is 14.3 Å². The van der Waals surface area contributed by atoms with Gasteiger partial charge in [0.1, 0.15) is 5.75 Å². The lowest BCUT2D eigenvalue weighted by Crippen LogP contribution is -2.44.